The van der Waals surface area contributed by atoms with Gasteiger partial charge >= 0.3 is 0 Å². The van der Waals surface area contributed by atoms with E-state index in [-0.39, 0.29) is 10.2 Å². The van der Waals surface area contributed by atoms with Gasteiger partial charge in [-0.25, -0.2) is 4.39 Å². The van der Waals surface area contributed by atoms with Crippen LogP contribution in [0.3, 0.4) is 0 Å². The standard InChI is InChI=1S/C13H5Br2ClFNO/c14-10-1-2-11(15)13(12(10)17)19-9-4-7(6-18)3-8(16)5-9/h1-5H. The number of benzene rings is 2. The van der Waals surface area contributed by atoms with Gasteiger partial charge in [0.25, 0.3) is 0 Å². The van der Waals surface area contributed by atoms with Gasteiger partial charge in [-0.3, -0.25) is 0 Å². The maximum Gasteiger partial charge on any atom is 0.181 e. The van der Waals surface area contributed by atoms with Gasteiger partial charge in [-0.05, 0) is 62.2 Å². The third-order valence-electron chi connectivity index (χ3n) is 2.22. The van der Waals surface area contributed by atoms with Crippen LogP contribution < -0.4 is 4.74 Å². The maximum absolute atomic E-state index is 13.9. The first-order valence-electron chi connectivity index (χ1n) is 5.03. The Bertz CT molecular complexity index is 685. The van der Waals surface area contributed by atoms with Crippen molar-refractivity contribution in [2.75, 3.05) is 0 Å². The highest BCUT2D eigenvalue weighted by Crippen LogP contribution is 2.36. The van der Waals surface area contributed by atoms with E-state index in [1.165, 1.54) is 18.2 Å². The molecular formula is C13H5Br2ClFNO. The van der Waals surface area contributed by atoms with E-state index < -0.39 is 5.82 Å². The second kappa shape index (κ2) is 5.91. The van der Waals surface area contributed by atoms with Crippen molar-refractivity contribution < 1.29 is 9.13 Å². The maximum atomic E-state index is 13.9. The molecular weight excluding hydrogens is 400 g/mol. The predicted molar refractivity (Wildman–Crippen MR) is 78.0 cm³/mol. The third-order valence-corrected chi connectivity index (χ3v) is 3.68. The Kier molecular flexibility index (Phi) is 4.46. The Hall–Kier alpha value is -1.09. The van der Waals surface area contributed by atoms with Crippen molar-refractivity contribution in [3.8, 4) is 17.6 Å². The molecule has 0 fully saturated rings. The lowest BCUT2D eigenvalue weighted by atomic mass is 10.2. The van der Waals surface area contributed by atoms with Gasteiger partial charge in [-0.2, -0.15) is 5.26 Å². The fourth-order valence-corrected chi connectivity index (χ4v) is 2.33. The quantitative estimate of drug-likeness (QED) is 0.604. The van der Waals surface area contributed by atoms with E-state index in [1.807, 2.05) is 6.07 Å². The molecule has 0 aliphatic heterocycles. The van der Waals surface area contributed by atoms with Gasteiger partial charge in [0.15, 0.2) is 11.6 Å². The first-order chi connectivity index (χ1) is 9.01. The summed E-state index contributed by atoms with van der Waals surface area (Å²) in [5, 5.41) is 9.20. The Labute approximate surface area is 131 Å². The largest absolute Gasteiger partial charge is 0.453 e. The molecule has 0 bridgehead atoms. The van der Waals surface area contributed by atoms with Gasteiger partial charge in [0.05, 0.1) is 20.6 Å². The van der Waals surface area contributed by atoms with Gasteiger partial charge in [0.1, 0.15) is 5.75 Å². The molecule has 0 unspecified atom stereocenters. The molecule has 0 atom stereocenters. The molecule has 2 aromatic carbocycles. The van der Waals surface area contributed by atoms with Crippen LogP contribution in [0.4, 0.5) is 4.39 Å². The number of ether oxygens (including phenoxy) is 1. The van der Waals surface area contributed by atoms with Crippen molar-refractivity contribution in [3.63, 3.8) is 0 Å². The molecule has 0 amide bonds. The average molecular weight is 405 g/mol. The minimum atomic E-state index is -0.534. The first-order valence-corrected chi connectivity index (χ1v) is 6.99. The van der Waals surface area contributed by atoms with Gasteiger partial charge in [0.2, 0.25) is 0 Å². The fourth-order valence-electron chi connectivity index (χ4n) is 1.41. The Morgan fingerprint density at radius 3 is 2.53 bits per heavy atom. The molecule has 0 radical (unpaired) electrons. The molecule has 2 nitrogen and oxygen atoms in total. The van der Waals surface area contributed by atoms with Crippen LogP contribution in [0.25, 0.3) is 0 Å². The molecule has 0 aromatic heterocycles. The number of hydrogen-bond donors (Lipinski definition) is 0. The van der Waals surface area contributed by atoms with E-state index in [0.29, 0.717) is 20.8 Å². The molecule has 0 aliphatic rings. The monoisotopic (exact) mass is 403 g/mol. The molecule has 2 aromatic rings. The van der Waals surface area contributed by atoms with Gasteiger partial charge in [-0.1, -0.05) is 11.6 Å². The van der Waals surface area contributed by atoms with Crippen LogP contribution in [0.2, 0.25) is 5.02 Å². The van der Waals surface area contributed by atoms with Crippen molar-refractivity contribution in [2.45, 2.75) is 0 Å². The highest BCUT2D eigenvalue weighted by molar-refractivity contribution is 9.11. The Morgan fingerprint density at radius 2 is 1.84 bits per heavy atom. The summed E-state index contributed by atoms with van der Waals surface area (Å²) < 4.78 is 20.1. The molecule has 0 aliphatic carbocycles. The normalized spacial score (nSPS) is 10.1. The van der Waals surface area contributed by atoms with E-state index in [9.17, 15) is 4.39 Å². The molecule has 0 spiro atoms. The molecule has 6 heteroatoms. The van der Waals surface area contributed by atoms with Crippen molar-refractivity contribution in [1.82, 2.24) is 0 Å². The van der Waals surface area contributed by atoms with Crippen LogP contribution in [0.1, 0.15) is 5.56 Å². The summed E-state index contributed by atoms with van der Waals surface area (Å²) in [5.74, 6) is -0.213. The highest BCUT2D eigenvalue weighted by Gasteiger charge is 2.13. The van der Waals surface area contributed by atoms with Crippen molar-refractivity contribution >= 4 is 43.5 Å². The smallest absolute Gasteiger partial charge is 0.181 e. The molecule has 0 saturated heterocycles. The van der Waals surface area contributed by atoms with Crippen LogP contribution in [0, 0.1) is 17.1 Å². The number of halogens is 4. The fraction of sp³-hybridized carbons (Fsp3) is 0. The molecule has 19 heavy (non-hydrogen) atoms. The topological polar surface area (TPSA) is 33.0 Å². The minimum Gasteiger partial charge on any atom is -0.453 e. The minimum absolute atomic E-state index is 0.0283. The summed E-state index contributed by atoms with van der Waals surface area (Å²) in [6.45, 7) is 0. The summed E-state index contributed by atoms with van der Waals surface area (Å²) in [6, 6.07) is 9.66. The lowest BCUT2D eigenvalue weighted by molar-refractivity contribution is 0.437. The average Bonchev–Trinajstić information content (AvgIpc) is 2.38. The molecule has 0 N–H and O–H groups in total. The van der Waals surface area contributed by atoms with Gasteiger partial charge in [0, 0.05) is 5.02 Å². The lowest BCUT2D eigenvalue weighted by Gasteiger charge is -2.10. The summed E-state index contributed by atoms with van der Waals surface area (Å²) in [4.78, 5) is 0. The van der Waals surface area contributed by atoms with Crippen LogP contribution in [0.15, 0.2) is 39.3 Å². The van der Waals surface area contributed by atoms with Crippen LogP contribution in [0.5, 0.6) is 11.5 Å². The predicted octanol–water partition coefficient (Wildman–Crippen LogP) is 5.67. The molecule has 0 heterocycles. The van der Waals surface area contributed by atoms with Gasteiger partial charge < -0.3 is 4.74 Å². The van der Waals surface area contributed by atoms with Crippen LogP contribution in [-0.2, 0) is 0 Å². The zero-order chi connectivity index (χ0) is 14.0. The van der Waals surface area contributed by atoms with Crippen molar-refractivity contribution in [2.24, 2.45) is 0 Å². The van der Waals surface area contributed by atoms with E-state index >= 15 is 0 Å². The Morgan fingerprint density at radius 1 is 1.16 bits per heavy atom. The van der Waals surface area contributed by atoms with E-state index in [1.54, 1.807) is 12.1 Å². The number of hydrogen-bond acceptors (Lipinski definition) is 2. The summed E-state index contributed by atoms with van der Waals surface area (Å²) in [7, 11) is 0. The third kappa shape index (κ3) is 3.27. The zero-order valence-electron chi connectivity index (χ0n) is 9.25. The van der Waals surface area contributed by atoms with E-state index in [0.717, 1.165) is 0 Å². The number of nitrogens with zero attached hydrogens (tertiary/aromatic N) is 1. The first kappa shape index (κ1) is 14.3. The summed E-state index contributed by atoms with van der Waals surface area (Å²) in [6.07, 6.45) is 0. The SMILES string of the molecule is N#Cc1cc(Cl)cc(Oc2c(Br)ccc(Br)c2F)c1. The number of rotatable bonds is 2. The second-order valence-electron chi connectivity index (χ2n) is 3.56. The van der Waals surface area contributed by atoms with Gasteiger partial charge in [-0.15, -0.1) is 0 Å². The summed E-state index contributed by atoms with van der Waals surface area (Å²) in [5.41, 5.74) is 0.342. The lowest BCUT2D eigenvalue weighted by Crippen LogP contribution is -1.91. The highest BCUT2D eigenvalue weighted by atomic mass is 79.9. The van der Waals surface area contributed by atoms with Crippen LogP contribution >= 0.6 is 43.5 Å². The van der Waals surface area contributed by atoms with Crippen molar-refractivity contribution in [3.05, 3.63) is 55.7 Å². The van der Waals surface area contributed by atoms with E-state index in [4.69, 9.17) is 21.6 Å². The Balaban J connectivity index is 2.45. The van der Waals surface area contributed by atoms with Crippen molar-refractivity contribution in [1.29, 1.82) is 5.26 Å². The molecule has 0 saturated carbocycles. The summed E-state index contributed by atoms with van der Waals surface area (Å²) >= 11 is 12.2. The second-order valence-corrected chi connectivity index (χ2v) is 5.71. The molecule has 2 rings (SSSR count). The molecule has 96 valence electrons. The number of nitriles is 1. The van der Waals surface area contributed by atoms with E-state index in [2.05, 4.69) is 31.9 Å². The zero-order valence-corrected chi connectivity index (χ0v) is 13.2. The van der Waals surface area contributed by atoms with Crippen LogP contribution in [-0.4, -0.2) is 0 Å².